The highest BCUT2D eigenvalue weighted by Crippen LogP contribution is 2.39. The average Bonchev–Trinajstić information content (AvgIpc) is 3.16. The summed E-state index contributed by atoms with van der Waals surface area (Å²) in [5.41, 5.74) is 5.20. The first kappa shape index (κ1) is 23.9. The number of nitrogens with zero attached hydrogens (tertiary/aromatic N) is 2. The predicted octanol–water partition coefficient (Wildman–Crippen LogP) is 5.34. The van der Waals surface area contributed by atoms with E-state index in [0.29, 0.717) is 18.0 Å². The molecule has 2 atom stereocenters. The molecule has 1 aliphatic carbocycles. The van der Waals surface area contributed by atoms with Gasteiger partial charge in [0.25, 0.3) is 5.91 Å². The van der Waals surface area contributed by atoms with Crippen molar-refractivity contribution in [2.24, 2.45) is 11.8 Å². The van der Waals surface area contributed by atoms with Crippen molar-refractivity contribution in [2.75, 3.05) is 13.2 Å². The molecule has 0 radical (unpaired) electrons. The lowest BCUT2D eigenvalue weighted by Gasteiger charge is -2.32. The molecule has 1 saturated carbocycles. The van der Waals surface area contributed by atoms with Gasteiger partial charge in [-0.1, -0.05) is 38.8 Å². The number of aliphatic hydroxyl groups is 1. The first-order valence-electron chi connectivity index (χ1n) is 12.7. The van der Waals surface area contributed by atoms with E-state index >= 15 is 0 Å². The molecule has 0 unspecified atom stereocenters. The van der Waals surface area contributed by atoms with Gasteiger partial charge in [0.2, 0.25) is 0 Å². The number of hydrogen-bond acceptors (Lipinski definition) is 4. The summed E-state index contributed by atoms with van der Waals surface area (Å²) in [6.45, 7) is 8.73. The highest BCUT2D eigenvalue weighted by Gasteiger charge is 2.32. The van der Waals surface area contributed by atoms with E-state index in [2.05, 4.69) is 41.2 Å². The monoisotopic (exact) mass is 449 g/mol. The van der Waals surface area contributed by atoms with Crippen molar-refractivity contribution in [2.45, 2.75) is 77.9 Å². The Morgan fingerprint density at radius 3 is 2.67 bits per heavy atom. The van der Waals surface area contributed by atoms with Gasteiger partial charge in [0, 0.05) is 37.5 Å². The fourth-order valence-electron chi connectivity index (χ4n) is 5.60. The standard InChI is InChI=1S/C28H39N3O2/c1-4-27-24-11-10-22(15-23(24)18-31(27)17-21-8-5-19(2)6-9-21)28(33)30-26(13-14-32)25-12-7-20(3)16-29-25/h7,10-12,15-16,19,21,26-27,32H,4-6,8-9,13-14,17-18H2,1-3H3,(H,30,33)/t19-,21-,26-,27-/m0/s1. The Bertz CT molecular complexity index is 935. The van der Waals surface area contributed by atoms with Gasteiger partial charge in [-0.05, 0) is 79.3 Å². The number of pyridine rings is 1. The lowest BCUT2D eigenvalue weighted by Crippen LogP contribution is -2.30. The number of aryl methyl sites for hydroxylation is 1. The van der Waals surface area contributed by atoms with E-state index in [1.54, 1.807) is 6.20 Å². The number of amides is 1. The van der Waals surface area contributed by atoms with Crippen molar-refractivity contribution >= 4 is 5.91 Å². The zero-order valence-corrected chi connectivity index (χ0v) is 20.4. The molecule has 178 valence electrons. The predicted molar refractivity (Wildman–Crippen MR) is 132 cm³/mol. The van der Waals surface area contributed by atoms with Crippen LogP contribution < -0.4 is 5.32 Å². The minimum Gasteiger partial charge on any atom is -0.396 e. The molecule has 1 aromatic carbocycles. The van der Waals surface area contributed by atoms with Crippen LogP contribution in [0.2, 0.25) is 0 Å². The maximum absolute atomic E-state index is 13.1. The Labute approximate surface area is 198 Å². The van der Waals surface area contributed by atoms with Gasteiger partial charge in [-0.2, -0.15) is 0 Å². The zero-order chi connectivity index (χ0) is 23.4. The molecule has 5 heteroatoms. The highest BCUT2D eigenvalue weighted by molar-refractivity contribution is 5.94. The van der Waals surface area contributed by atoms with Crippen molar-refractivity contribution in [3.63, 3.8) is 0 Å². The molecule has 0 spiro atoms. The Kier molecular flexibility index (Phi) is 7.82. The van der Waals surface area contributed by atoms with Crippen LogP contribution >= 0.6 is 0 Å². The van der Waals surface area contributed by atoms with E-state index in [0.717, 1.165) is 36.1 Å². The second kappa shape index (κ2) is 10.8. The largest absolute Gasteiger partial charge is 0.396 e. The first-order chi connectivity index (χ1) is 16.0. The van der Waals surface area contributed by atoms with Gasteiger partial charge in [0.05, 0.1) is 11.7 Å². The van der Waals surface area contributed by atoms with Gasteiger partial charge >= 0.3 is 0 Å². The summed E-state index contributed by atoms with van der Waals surface area (Å²) in [5.74, 6) is 1.57. The molecule has 2 aromatic rings. The minimum absolute atomic E-state index is 0.00221. The van der Waals surface area contributed by atoms with E-state index in [9.17, 15) is 9.90 Å². The summed E-state index contributed by atoms with van der Waals surface area (Å²) in [4.78, 5) is 20.2. The molecule has 2 N–H and O–H groups in total. The van der Waals surface area contributed by atoms with E-state index in [4.69, 9.17) is 0 Å². The maximum atomic E-state index is 13.1. The van der Waals surface area contributed by atoms with Crippen LogP contribution in [0.5, 0.6) is 0 Å². The van der Waals surface area contributed by atoms with Crippen molar-refractivity contribution in [3.8, 4) is 0 Å². The molecule has 2 aliphatic rings. The summed E-state index contributed by atoms with van der Waals surface area (Å²) in [5, 5.41) is 12.6. The molecule has 1 amide bonds. The van der Waals surface area contributed by atoms with Crippen LogP contribution in [0.15, 0.2) is 36.5 Å². The molecule has 33 heavy (non-hydrogen) atoms. The number of carbonyl (C=O) groups is 1. The second-order valence-corrected chi connectivity index (χ2v) is 10.2. The Morgan fingerprint density at radius 1 is 1.21 bits per heavy atom. The number of carbonyl (C=O) groups excluding carboxylic acids is 1. The number of aliphatic hydroxyl groups excluding tert-OH is 1. The molecule has 5 nitrogen and oxygen atoms in total. The van der Waals surface area contributed by atoms with Crippen LogP contribution in [0.4, 0.5) is 0 Å². The Balaban J connectivity index is 1.45. The van der Waals surface area contributed by atoms with Gasteiger partial charge in [-0.15, -0.1) is 0 Å². The zero-order valence-electron chi connectivity index (χ0n) is 20.4. The first-order valence-corrected chi connectivity index (χ1v) is 12.7. The molecule has 0 saturated heterocycles. The molecule has 1 aromatic heterocycles. The quantitative estimate of drug-likeness (QED) is 0.571. The van der Waals surface area contributed by atoms with Crippen LogP contribution in [0, 0.1) is 18.8 Å². The number of benzene rings is 1. The summed E-state index contributed by atoms with van der Waals surface area (Å²) in [6, 6.07) is 10.3. The Morgan fingerprint density at radius 2 is 2.00 bits per heavy atom. The van der Waals surface area contributed by atoms with Gasteiger partial charge in [0.1, 0.15) is 0 Å². The fraction of sp³-hybridized carbons (Fsp3) is 0.571. The molecule has 1 fully saturated rings. The molecular formula is C28H39N3O2. The van der Waals surface area contributed by atoms with Crippen molar-refractivity contribution in [1.82, 2.24) is 15.2 Å². The molecule has 4 rings (SSSR count). The normalized spacial score (nSPS) is 23.8. The summed E-state index contributed by atoms with van der Waals surface area (Å²) in [7, 11) is 0. The number of aromatic nitrogens is 1. The summed E-state index contributed by atoms with van der Waals surface area (Å²) in [6.07, 6.45) is 8.75. The third-order valence-electron chi connectivity index (χ3n) is 7.61. The van der Waals surface area contributed by atoms with Crippen molar-refractivity contribution in [3.05, 3.63) is 64.5 Å². The molecular weight excluding hydrogens is 410 g/mol. The molecule has 0 bridgehead atoms. The van der Waals surface area contributed by atoms with Crippen LogP contribution in [-0.4, -0.2) is 34.0 Å². The third kappa shape index (κ3) is 5.64. The lowest BCUT2D eigenvalue weighted by atomic mass is 9.82. The van der Waals surface area contributed by atoms with E-state index < -0.39 is 0 Å². The summed E-state index contributed by atoms with van der Waals surface area (Å²) < 4.78 is 0. The van der Waals surface area contributed by atoms with E-state index in [-0.39, 0.29) is 18.6 Å². The van der Waals surface area contributed by atoms with Crippen LogP contribution in [0.25, 0.3) is 0 Å². The Hall–Kier alpha value is -2.24. The molecule has 1 aliphatic heterocycles. The van der Waals surface area contributed by atoms with Crippen molar-refractivity contribution in [1.29, 1.82) is 0 Å². The number of hydrogen-bond donors (Lipinski definition) is 2. The van der Waals surface area contributed by atoms with Gasteiger partial charge < -0.3 is 10.4 Å². The smallest absolute Gasteiger partial charge is 0.251 e. The number of fused-ring (bicyclic) bond motifs is 1. The van der Waals surface area contributed by atoms with Gasteiger partial charge in [-0.3, -0.25) is 14.7 Å². The SMILES string of the molecule is CC[C@H]1c2ccc(C(=O)N[C@@H](CCO)c3ccc(C)cn3)cc2CN1C[C@H]1CC[C@H](C)CC1. The van der Waals surface area contributed by atoms with Gasteiger partial charge in [0.15, 0.2) is 0 Å². The maximum Gasteiger partial charge on any atom is 0.251 e. The average molecular weight is 450 g/mol. The van der Waals surface area contributed by atoms with Crippen LogP contribution in [-0.2, 0) is 6.54 Å². The lowest BCUT2D eigenvalue weighted by molar-refractivity contribution is 0.0928. The highest BCUT2D eigenvalue weighted by atomic mass is 16.3. The fourth-order valence-corrected chi connectivity index (χ4v) is 5.60. The van der Waals surface area contributed by atoms with E-state index in [1.165, 1.54) is 43.4 Å². The number of nitrogens with one attached hydrogen (secondary N) is 1. The van der Waals surface area contributed by atoms with Crippen molar-refractivity contribution < 1.29 is 9.90 Å². The molecule has 2 heterocycles. The minimum atomic E-state index is -0.301. The third-order valence-corrected chi connectivity index (χ3v) is 7.61. The van der Waals surface area contributed by atoms with Gasteiger partial charge in [-0.25, -0.2) is 0 Å². The summed E-state index contributed by atoms with van der Waals surface area (Å²) >= 11 is 0. The van der Waals surface area contributed by atoms with Crippen LogP contribution in [0.3, 0.4) is 0 Å². The second-order valence-electron chi connectivity index (χ2n) is 10.2. The topological polar surface area (TPSA) is 65.5 Å². The van der Waals surface area contributed by atoms with Crippen LogP contribution in [0.1, 0.15) is 97.2 Å². The van der Waals surface area contributed by atoms with E-state index in [1.807, 2.05) is 25.1 Å². The number of rotatable bonds is 8.